The predicted molar refractivity (Wildman–Crippen MR) is 83.6 cm³/mol. The van der Waals surface area contributed by atoms with Gasteiger partial charge >= 0.3 is 0 Å². The molecule has 1 aliphatic heterocycles. The van der Waals surface area contributed by atoms with Crippen molar-refractivity contribution in [3.63, 3.8) is 0 Å². The number of benzene rings is 1. The second kappa shape index (κ2) is 6.16. The van der Waals surface area contributed by atoms with E-state index in [-0.39, 0.29) is 24.1 Å². The molecule has 0 atom stereocenters. The van der Waals surface area contributed by atoms with Crippen LogP contribution in [0.2, 0.25) is 5.02 Å². The first-order chi connectivity index (χ1) is 11.0. The number of hydrogen-bond acceptors (Lipinski definition) is 5. The molecule has 1 aromatic carbocycles. The van der Waals surface area contributed by atoms with Gasteiger partial charge in [0.25, 0.3) is 0 Å². The molecule has 0 aliphatic carbocycles. The van der Waals surface area contributed by atoms with Crippen LogP contribution in [0.3, 0.4) is 0 Å². The van der Waals surface area contributed by atoms with Gasteiger partial charge in [0.15, 0.2) is 0 Å². The minimum atomic E-state index is -3.57. The second-order valence-corrected chi connectivity index (χ2v) is 7.39. The Bertz CT molecular complexity index is 874. The number of nitriles is 1. The highest BCUT2D eigenvalue weighted by Crippen LogP contribution is 2.25. The number of aromatic nitrogens is 1. The van der Waals surface area contributed by atoms with Crippen LogP contribution >= 0.6 is 11.6 Å². The second-order valence-electron chi connectivity index (χ2n) is 5.01. The average molecular weight is 350 g/mol. The molecule has 3 rings (SSSR count). The number of ether oxygens (including phenoxy) is 1. The normalized spacial score (nSPS) is 15.7. The minimum absolute atomic E-state index is 0.160. The van der Waals surface area contributed by atoms with Crippen molar-refractivity contribution in [2.75, 3.05) is 13.1 Å². The minimum Gasteiger partial charge on any atom is -0.471 e. The van der Waals surface area contributed by atoms with Crippen LogP contribution in [-0.2, 0) is 10.0 Å². The number of sulfonamides is 1. The number of hydrogen-bond donors (Lipinski definition) is 0. The van der Waals surface area contributed by atoms with Gasteiger partial charge in [-0.2, -0.15) is 9.57 Å². The van der Waals surface area contributed by atoms with Gasteiger partial charge in [0, 0.05) is 17.3 Å². The summed E-state index contributed by atoms with van der Waals surface area (Å²) in [6.45, 7) is 0.459. The van der Waals surface area contributed by atoms with Crippen LogP contribution in [0.4, 0.5) is 0 Å². The summed E-state index contributed by atoms with van der Waals surface area (Å²) in [4.78, 5) is 4.17. The van der Waals surface area contributed by atoms with Gasteiger partial charge in [-0.25, -0.2) is 13.4 Å². The Morgan fingerprint density at radius 3 is 2.78 bits per heavy atom. The van der Waals surface area contributed by atoms with Crippen LogP contribution < -0.4 is 4.74 Å². The molecule has 0 radical (unpaired) electrons. The number of halogens is 1. The molecule has 6 nitrogen and oxygen atoms in total. The maximum atomic E-state index is 12.4. The van der Waals surface area contributed by atoms with Crippen molar-refractivity contribution in [2.45, 2.75) is 11.0 Å². The summed E-state index contributed by atoms with van der Waals surface area (Å²) in [6, 6.07) is 11.2. The predicted octanol–water partition coefficient (Wildman–Crippen LogP) is 2.06. The zero-order chi connectivity index (χ0) is 16.4. The van der Waals surface area contributed by atoms with E-state index in [1.807, 2.05) is 6.07 Å². The van der Waals surface area contributed by atoms with Crippen LogP contribution in [0.15, 0.2) is 47.5 Å². The van der Waals surface area contributed by atoms with Gasteiger partial charge in [0.1, 0.15) is 6.10 Å². The van der Waals surface area contributed by atoms with Crippen molar-refractivity contribution in [2.24, 2.45) is 0 Å². The molecule has 0 unspecified atom stereocenters. The van der Waals surface area contributed by atoms with E-state index in [1.54, 1.807) is 18.2 Å². The summed E-state index contributed by atoms with van der Waals surface area (Å²) in [5, 5.41) is 9.21. The molecular formula is C15H12ClN3O3S. The number of rotatable bonds is 4. The number of nitrogens with zero attached hydrogens (tertiary/aromatic N) is 3. The highest BCUT2D eigenvalue weighted by molar-refractivity contribution is 7.89. The van der Waals surface area contributed by atoms with Crippen molar-refractivity contribution < 1.29 is 13.2 Å². The summed E-state index contributed by atoms with van der Waals surface area (Å²) in [5.41, 5.74) is 0.442. The zero-order valence-corrected chi connectivity index (χ0v) is 13.5. The fraction of sp³-hybridized carbons (Fsp3) is 0.200. The lowest BCUT2D eigenvalue weighted by Crippen LogP contribution is -2.56. The van der Waals surface area contributed by atoms with Crippen LogP contribution in [0.1, 0.15) is 5.56 Å². The molecule has 1 aliphatic rings. The van der Waals surface area contributed by atoms with Crippen molar-refractivity contribution in [3.05, 3.63) is 53.2 Å². The van der Waals surface area contributed by atoms with Crippen LogP contribution in [-0.4, -0.2) is 36.9 Å². The van der Waals surface area contributed by atoms with Crippen LogP contribution in [0.25, 0.3) is 0 Å². The molecule has 23 heavy (non-hydrogen) atoms. The summed E-state index contributed by atoms with van der Waals surface area (Å²) >= 11 is 5.84. The Hall–Kier alpha value is -2.14. The molecule has 1 fully saturated rings. The third kappa shape index (κ3) is 3.29. The van der Waals surface area contributed by atoms with E-state index < -0.39 is 10.0 Å². The van der Waals surface area contributed by atoms with Crippen LogP contribution in [0.5, 0.6) is 5.88 Å². The first kappa shape index (κ1) is 15.7. The van der Waals surface area contributed by atoms with Gasteiger partial charge in [-0.1, -0.05) is 17.7 Å². The lowest BCUT2D eigenvalue weighted by Gasteiger charge is -2.37. The first-order valence-electron chi connectivity index (χ1n) is 6.77. The van der Waals surface area contributed by atoms with Gasteiger partial charge in [0.05, 0.1) is 29.6 Å². The van der Waals surface area contributed by atoms with Crippen molar-refractivity contribution >= 4 is 21.6 Å². The summed E-state index contributed by atoms with van der Waals surface area (Å²) < 4.78 is 31.7. The van der Waals surface area contributed by atoms with Gasteiger partial charge in [-0.3, -0.25) is 0 Å². The average Bonchev–Trinajstić information content (AvgIpc) is 2.50. The fourth-order valence-corrected chi connectivity index (χ4v) is 3.97. The van der Waals surface area contributed by atoms with Crippen molar-refractivity contribution in [1.29, 1.82) is 5.26 Å². The lowest BCUT2D eigenvalue weighted by atomic mass is 10.2. The maximum Gasteiger partial charge on any atom is 0.243 e. The van der Waals surface area contributed by atoms with E-state index in [0.717, 1.165) is 0 Å². The summed E-state index contributed by atoms with van der Waals surface area (Å²) in [5.74, 6) is 0.314. The molecule has 1 aromatic heterocycles. The molecule has 1 saturated heterocycles. The topological polar surface area (TPSA) is 83.3 Å². The van der Waals surface area contributed by atoms with Crippen molar-refractivity contribution in [1.82, 2.24) is 9.29 Å². The Morgan fingerprint density at radius 2 is 2.09 bits per heavy atom. The fourth-order valence-electron chi connectivity index (χ4n) is 2.16. The summed E-state index contributed by atoms with van der Waals surface area (Å²) in [6.07, 6.45) is 1.19. The Balaban J connectivity index is 1.65. The largest absolute Gasteiger partial charge is 0.471 e. The van der Waals surface area contributed by atoms with E-state index in [9.17, 15) is 8.42 Å². The third-order valence-corrected chi connectivity index (χ3v) is 5.46. The van der Waals surface area contributed by atoms with E-state index >= 15 is 0 Å². The molecule has 0 amide bonds. The lowest BCUT2D eigenvalue weighted by molar-refractivity contribution is 0.0721. The van der Waals surface area contributed by atoms with Gasteiger partial charge < -0.3 is 4.74 Å². The quantitative estimate of drug-likeness (QED) is 0.843. The Labute approximate surface area is 138 Å². The standard InChI is InChI=1S/C15H12ClN3O3S/c16-12-2-1-3-14(7-12)23(20,21)19-9-13(10-19)22-15-6-11(8-17)4-5-18-15/h1-7,13H,9-10H2. The molecule has 0 saturated carbocycles. The Kier molecular flexibility index (Phi) is 4.22. The van der Waals surface area contributed by atoms with Crippen molar-refractivity contribution in [3.8, 4) is 11.9 Å². The molecule has 0 N–H and O–H groups in total. The molecular weight excluding hydrogens is 338 g/mol. The SMILES string of the molecule is N#Cc1ccnc(OC2CN(S(=O)(=O)c3cccc(Cl)c3)C2)c1. The Morgan fingerprint density at radius 1 is 1.30 bits per heavy atom. The van der Waals surface area contributed by atoms with E-state index in [1.165, 1.54) is 28.7 Å². The highest BCUT2D eigenvalue weighted by atomic mass is 35.5. The molecule has 0 spiro atoms. The van der Waals surface area contributed by atoms with E-state index in [4.69, 9.17) is 21.6 Å². The highest BCUT2D eigenvalue weighted by Gasteiger charge is 2.38. The third-order valence-electron chi connectivity index (χ3n) is 3.40. The summed E-state index contributed by atoms with van der Waals surface area (Å²) in [7, 11) is -3.57. The molecule has 0 bridgehead atoms. The number of pyridine rings is 1. The molecule has 8 heteroatoms. The molecule has 2 heterocycles. The van der Waals surface area contributed by atoms with Gasteiger partial charge in [-0.05, 0) is 24.3 Å². The molecule has 2 aromatic rings. The van der Waals surface area contributed by atoms with Gasteiger partial charge in [0.2, 0.25) is 15.9 Å². The monoisotopic (exact) mass is 349 g/mol. The van der Waals surface area contributed by atoms with E-state index in [2.05, 4.69) is 4.98 Å². The van der Waals surface area contributed by atoms with Crippen LogP contribution in [0, 0.1) is 11.3 Å². The zero-order valence-electron chi connectivity index (χ0n) is 11.9. The van der Waals surface area contributed by atoms with E-state index in [0.29, 0.717) is 16.5 Å². The smallest absolute Gasteiger partial charge is 0.243 e. The van der Waals surface area contributed by atoms with Gasteiger partial charge in [-0.15, -0.1) is 0 Å². The first-order valence-corrected chi connectivity index (χ1v) is 8.59. The molecule has 118 valence electrons. The maximum absolute atomic E-state index is 12.4.